The Balaban J connectivity index is 0.000000673. The molecule has 1 rings (SSSR count). The monoisotopic (exact) mass is 310 g/mol. The van der Waals surface area contributed by atoms with Gasteiger partial charge in [-0.15, -0.1) is 0 Å². The maximum atomic E-state index is 10.6. The molecule has 0 spiro atoms. The third-order valence-electron chi connectivity index (χ3n) is 1.36. The van der Waals surface area contributed by atoms with E-state index in [0.717, 1.165) is 6.07 Å². The fourth-order valence-electron chi connectivity index (χ4n) is 0.764. The van der Waals surface area contributed by atoms with Crippen molar-refractivity contribution in [2.24, 2.45) is 0 Å². The second kappa shape index (κ2) is 7.47. The van der Waals surface area contributed by atoms with Gasteiger partial charge < -0.3 is 14.9 Å². The molecule has 8 heteroatoms. The van der Waals surface area contributed by atoms with Crippen molar-refractivity contribution in [3.63, 3.8) is 0 Å². The SMILES string of the molecule is CNO.O=C(O)c1ccc(Br)c(S(=O)[O-])c1. The molecule has 1 atom stereocenters. The molecule has 0 aliphatic carbocycles. The van der Waals surface area contributed by atoms with E-state index in [1.165, 1.54) is 19.2 Å². The maximum Gasteiger partial charge on any atom is 0.335 e. The van der Waals surface area contributed by atoms with Crippen molar-refractivity contribution in [3.8, 4) is 0 Å². The predicted octanol–water partition coefficient (Wildman–Crippen LogP) is 0.980. The Bertz CT molecular complexity index is 398. The van der Waals surface area contributed by atoms with E-state index in [1.54, 1.807) is 5.48 Å². The van der Waals surface area contributed by atoms with Gasteiger partial charge in [-0.3, -0.25) is 4.21 Å². The van der Waals surface area contributed by atoms with Crippen molar-refractivity contribution >= 4 is 33.0 Å². The van der Waals surface area contributed by atoms with E-state index in [-0.39, 0.29) is 10.5 Å². The predicted molar refractivity (Wildman–Crippen MR) is 59.1 cm³/mol. The molecule has 6 nitrogen and oxygen atoms in total. The first kappa shape index (κ1) is 15.2. The lowest BCUT2D eigenvalue weighted by Crippen LogP contribution is -1.99. The number of carbonyl (C=O) groups is 1. The first-order chi connectivity index (χ1) is 7.43. The van der Waals surface area contributed by atoms with Gasteiger partial charge in [-0.05, 0) is 45.2 Å². The van der Waals surface area contributed by atoms with Gasteiger partial charge in [0.05, 0.1) is 5.56 Å². The minimum Gasteiger partial charge on any atom is -0.768 e. The number of carboxylic acid groups (broad SMARTS) is 1. The molecule has 0 aromatic heterocycles. The van der Waals surface area contributed by atoms with Gasteiger partial charge in [-0.1, -0.05) is 0 Å². The molecule has 0 radical (unpaired) electrons. The van der Waals surface area contributed by atoms with Crippen LogP contribution in [-0.4, -0.2) is 32.1 Å². The van der Waals surface area contributed by atoms with Gasteiger partial charge in [0.2, 0.25) is 0 Å². The number of hydrogen-bond donors (Lipinski definition) is 3. The third kappa shape index (κ3) is 4.81. The quantitative estimate of drug-likeness (QED) is 0.555. The Morgan fingerprint density at radius 3 is 2.44 bits per heavy atom. The number of carboxylic acids is 1. The Morgan fingerprint density at radius 1 is 1.56 bits per heavy atom. The highest BCUT2D eigenvalue weighted by Crippen LogP contribution is 2.20. The van der Waals surface area contributed by atoms with Crippen LogP contribution in [0.1, 0.15) is 10.4 Å². The Labute approximate surface area is 103 Å². The van der Waals surface area contributed by atoms with Crippen LogP contribution in [0.15, 0.2) is 27.6 Å². The third-order valence-corrected chi connectivity index (χ3v) is 3.01. The summed E-state index contributed by atoms with van der Waals surface area (Å²) in [4.78, 5) is 10.4. The molecule has 0 aliphatic rings. The molecule has 0 saturated carbocycles. The first-order valence-electron chi connectivity index (χ1n) is 3.87. The van der Waals surface area contributed by atoms with Gasteiger partial charge in [-0.25, -0.2) is 10.3 Å². The standard InChI is InChI=1S/C7H5BrO4S.CH5NO/c8-5-2-1-4(7(9)10)3-6(5)13(11)12;1-2-3/h1-3H,(H,9,10)(H,11,12);2-3H,1H3/p-1. The second-order valence-corrected chi connectivity index (χ2v) is 4.17. The zero-order valence-electron chi connectivity index (χ0n) is 8.14. The van der Waals surface area contributed by atoms with Crippen LogP contribution in [0.3, 0.4) is 0 Å². The van der Waals surface area contributed by atoms with Gasteiger partial charge in [-0.2, -0.15) is 0 Å². The molecule has 0 fully saturated rings. The van der Waals surface area contributed by atoms with Crippen molar-refractivity contribution in [1.29, 1.82) is 0 Å². The van der Waals surface area contributed by atoms with Crippen LogP contribution in [0.5, 0.6) is 0 Å². The number of rotatable bonds is 2. The van der Waals surface area contributed by atoms with E-state index in [0.29, 0.717) is 4.47 Å². The molecule has 3 N–H and O–H groups in total. The lowest BCUT2D eigenvalue weighted by atomic mass is 10.2. The van der Waals surface area contributed by atoms with E-state index >= 15 is 0 Å². The molecular weight excluding hydrogens is 302 g/mol. The molecular formula is C8H9BrNO5S-. The highest BCUT2D eigenvalue weighted by atomic mass is 79.9. The van der Waals surface area contributed by atoms with Gasteiger partial charge in [0.1, 0.15) is 0 Å². The van der Waals surface area contributed by atoms with Crippen LogP contribution in [-0.2, 0) is 11.1 Å². The molecule has 0 saturated heterocycles. The largest absolute Gasteiger partial charge is 0.768 e. The molecule has 0 heterocycles. The highest BCUT2D eigenvalue weighted by Gasteiger charge is 2.06. The first-order valence-corrected chi connectivity index (χ1v) is 5.73. The summed E-state index contributed by atoms with van der Waals surface area (Å²) in [6.45, 7) is 0. The van der Waals surface area contributed by atoms with Crippen molar-refractivity contribution in [1.82, 2.24) is 5.48 Å². The Morgan fingerprint density at radius 2 is 2.06 bits per heavy atom. The minimum absolute atomic E-state index is 0.0533. The van der Waals surface area contributed by atoms with Crippen LogP contribution in [0.25, 0.3) is 0 Å². The van der Waals surface area contributed by atoms with Crippen LogP contribution in [0.2, 0.25) is 0 Å². The topological polar surface area (TPSA) is 110 Å². The van der Waals surface area contributed by atoms with Gasteiger partial charge in [0.25, 0.3) is 0 Å². The number of aromatic carboxylic acids is 1. The Hall–Kier alpha value is -0.800. The number of hydrogen-bond acceptors (Lipinski definition) is 5. The van der Waals surface area contributed by atoms with Crippen molar-refractivity contribution in [3.05, 3.63) is 28.2 Å². The van der Waals surface area contributed by atoms with Crippen molar-refractivity contribution in [2.75, 3.05) is 7.05 Å². The van der Waals surface area contributed by atoms with Crippen LogP contribution in [0, 0.1) is 0 Å². The summed E-state index contributed by atoms with van der Waals surface area (Å²) < 4.78 is 21.5. The lowest BCUT2D eigenvalue weighted by Gasteiger charge is -2.07. The molecule has 0 aliphatic heterocycles. The molecule has 1 aromatic carbocycles. The summed E-state index contributed by atoms with van der Waals surface area (Å²) in [5.74, 6) is -1.15. The van der Waals surface area contributed by atoms with Crippen molar-refractivity contribution in [2.45, 2.75) is 4.90 Å². The zero-order chi connectivity index (χ0) is 12.7. The van der Waals surface area contributed by atoms with Crippen LogP contribution in [0.4, 0.5) is 0 Å². The van der Waals surface area contributed by atoms with E-state index in [1.807, 2.05) is 0 Å². The summed E-state index contributed by atoms with van der Waals surface area (Å²) in [5.41, 5.74) is 1.70. The van der Waals surface area contributed by atoms with Crippen LogP contribution >= 0.6 is 15.9 Å². The molecule has 16 heavy (non-hydrogen) atoms. The summed E-state index contributed by atoms with van der Waals surface area (Å²) >= 11 is 0.567. The number of benzene rings is 1. The second-order valence-electron chi connectivity index (χ2n) is 2.41. The average molecular weight is 311 g/mol. The summed E-state index contributed by atoms with van der Waals surface area (Å²) in [7, 11) is 1.43. The molecule has 1 aromatic rings. The molecule has 1 unspecified atom stereocenters. The van der Waals surface area contributed by atoms with E-state index < -0.39 is 17.0 Å². The number of halogens is 1. The fourth-order valence-corrected chi connectivity index (χ4v) is 1.86. The average Bonchev–Trinajstić information content (AvgIpc) is 2.18. The lowest BCUT2D eigenvalue weighted by molar-refractivity contribution is 0.0696. The Kier molecular flexibility index (Phi) is 7.10. The molecule has 0 bridgehead atoms. The number of hydroxylamine groups is 1. The van der Waals surface area contributed by atoms with Gasteiger partial charge >= 0.3 is 5.97 Å². The van der Waals surface area contributed by atoms with Crippen molar-refractivity contribution < 1.29 is 23.9 Å². The summed E-state index contributed by atoms with van der Waals surface area (Å²) in [5, 5.41) is 15.9. The van der Waals surface area contributed by atoms with E-state index in [9.17, 15) is 13.6 Å². The molecule has 0 amide bonds. The summed E-state index contributed by atoms with van der Waals surface area (Å²) in [6.07, 6.45) is 0. The highest BCUT2D eigenvalue weighted by molar-refractivity contribution is 9.10. The molecule has 90 valence electrons. The normalized spacial score (nSPS) is 11.2. The maximum absolute atomic E-state index is 10.6. The van der Waals surface area contributed by atoms with E-state index in [4.69, 9.17) is 10.3 Å². The number of nitrogens with one attached hydrogen (secondary N) is 1. The minimum atomic E-state index is -2.43. The van der Waals surface area contributed by atoms with Crippen LogP contribution < -0.4 is 5.48 Å². The van der Waals surface area contributed by atoms with Gasteiger partial charge in [0.15, 0.2) is 0 Å². The van der Waals surface area contributed by atoms with E-state index in [2.05, 4.69) is 15.9 Å². The smallest absolute Gasteiger partial charge is 0.335 e. The zero-order valence-corrected chi connectivity index (χ0v) is 10.5. The summed E-state index contributed by atoms with van der Waals surface area (Å²) in [6, 6.07) is 3.80. The fraction of sp³-hybridized carbons (Fsp3) is 0.125. The van der Waals surface area contributed by atoms with Gasteiger partial charge in [0, 0.05) is 16.4 Å².